The van der Waals surface area contributed by atoms with Gasteiger partial charge in [-0.1, -0.05) is 0 Å². The highest BCUT2D eigenvalue weighted by Gasteiger charge is 2.20. The number of hydrogen-bond donors (Lipinski definition) is 2. The van der Waals surface area contributed by atoms with Crippen LogP contribution >= 0.6 is 11.3 Å². The van der Waals surface area contributed by atoms with Crippen molar-refractivity contribution >= 4 is 22.3 Å². The fourth-order valence-corrected chi connectivity index (χ4v) is 4.34. The molecule has 0 aliphatic carbocycles. The van der Waals surface area contributed by atoms with Gasteiger partial charge in [0.15, 0.2) is 5.96 Å². The van der Waals surface area contributed by atoms with Gasteiger partial charge in [0.1, 0.15) is 0 Å². The number of nitrogens with zero attached hydrogens (tertiary/aromatic N) is 2. The summed E-state index contributed by atoms with van der Waals surface area (Å²) in [7, 11) is 0. The molecule has 7 heteroatoms. The maximum Gasteiger partial charge on any atom is 0.191 e. The maximum atomic E-state index is 5.72. The number of nitrogens with one attached hydrogen (secondary N) is 2. The van der Waals surface area contributed by atoms with Crippen molar-refractivity contribution in [3.05, 3.63) is 17.5 Å². The lowest BCUT2D eigenvalue weighted by Crippen LogP contribution is -2.48. The molecule has 0 saturated carbocycles. The second kappa shape index (κ2) is 11.5. The van der Waals surface area contributed by atoms with Crippen LogP contribution in [0.3, 0.4) is 0 Å². The Morgan fingerprint density at radius 3 is 2.96 bits per heavy atom. The molecule has 152 valence electrons. The van der Waals surface area contributed by atoms with Gasteiger partial charge < -0.3 is 25.0 Å². The predicted octanol–water partition coefficient (Wildman–Crippen LogP) is 2.86. The largest absolute Gasteiger partial charge is 0.379 e. The van der Waals surface area contributed by atoms with E-state index in [0.29, 0.717) is 12.1 Å². The van der Waals surface area contributed by atoms with Crippen LogP contribution in [-0.2, 0) is 9.47 Å². The highest BCUT2D eigenvalue weighted by Crippen LogP contribution is 2.24. The molecule has 2 saturated heterocycles. The van der Waals surface area contributed by atoms with Crippen molar-refractivity contribution in [1.29, 1.82) is 0 Å². The Bertz CT molecular complexity index is 538. The molecule has 2 fully saturated rings. The van der Waals surface area contributed by atoms with Crippen molar-refractivity contribution in [3.8, 4) is 0 Å². The molecular weight excluding hydrogens is 360 g/mol. The predicted molar refractivity (Wildman–Crippen MR) is 113 cm³/mol. The number of ether oxygens (including phenoxy) is 2. The lowest BCUT2D eigenvalue weighted by atomic mass is 10.1. The van der Waals surface area contributed by atoms with E-state index in [0.717, 1.165) is 77.6 Å². The summed E-state index contributed by atoms with van der Waals surface area (Å²) in [6.07, 6.45) is 5.85. The average molecular weight is 395 g/mol. The van der Waals surface area contributed by atoms with Gasteiger partial charge in [-0.25, -0.2) is 0 Å². The Kier molecular flexibility index (Phi) is 8.71. The summed E-state index contributed by atoms with van der Waals surface area (Å²) in [6, 6.07) is 4.84. The molecule has 1 atom stereocenters. The van der Waals surface area contributed by atoms with Gasteiger partial charge in [-0.3, -0.25) is 4.99 Å². The zero-order chi connectivity index (χ0) is 18.7. The normalized spacial score (nSPS) is 21.6. The second-order valence-electron chi connectivity index (χ2n) is 7.18. The molecule has 0 spiro atoms. The lowest BCUT2D eigenvalue weighted by molar-refractivity contribution is 0.0171. The van der Waals surface area contributed by atoms with Gasteiger partial charge in [-0.05, 0) is 56.5 Å². The molecular formula is C20H34N4O2S. The smallest absolute Gasteiger partial charge is 0.191 e. The van der Waals surface area contributed by atoms with Gasteiger partial charge in [0.25, 0.3) is 0 Å². The van der Waals surface area contributed by atoms with Crippen LogP contribution in [0.15, 0.2) is 22.5 Å². The van der Waals surface area contributed by atoms with E-state index in [4.69, 9.17) is 14.5 Å². The van der Waals surface area contributed by atoms with Crippen molar-refractivity contribution < 1.29 is 9.47 Å². The molecule has 1 aromatic rings. The molecule has 2 N–H and O–H groups in total. The summed E-state index contributed by atoms with van der Waals surface area (Å²) in [5.74, 6) is 0.936. The molecule has 27 heavy (non-hydrogen) atoms. The SMILES string of the molecule is CCNC(=NCCCOCC1CCCO1)NC1CCN(c2cccs2)CC1. The third-order valence-electron chi connectivity index (χ3n) is 5.04. The van der Waals surface area contributed by atoms with Crippen LogP contribution in [0, 0.1) is 0 Å². The molecule has 3 rings (SSSR count). The summed E-state index contributed by atoms with van der Waals surface area (Å²) in [4.78, 5) is 7.20. The minimum Gasteiger partial charge on any atom is -0.379 e. The van der Waals surface area contributed by atoms with E-state index in [2.05, 4.69) is 40.0 Å². The van der Waals surface area contributed by atoms with Crippen LogP contribution in [0.2, 0.25) is 0 Å². The second-order valence-corrected chi connectivity index (χ2v) is 8.11. The first-order valence-electron chi connectivity index (χ1n) is 10.4. The highest BCUT2D eigenvalue weighted by atomic mass is 32.1. The topological polar surface area (TPSA) is 58.1 Å². The Balaban J connectivity index is 1.32. The monoisotopic (exact) mass is 394 g/mol. The van der Waals surface area contributed by atoms with Crippen molar-refractivity contribution in [2.75, 3.05) is 50.9 Å². The van der Waals surface area contributed by atoms with Crippen LogP contribution in [0.1, 0.15) is 39.0 Å². The molecule has 0 radical (unpaired) electrons. The van der Waals surface area contributed by atoms with E-state index >= 15 is 0 Å². The van der Waals surface area contributed by atoms with Gasteiger partial charge in [0.05, 0.1) is 17.7 Å². The Morgan fingerprint density at radius 1 is 1.37 bits per heavy atom. The first-order valence-corrected chi connectivity index (χ1v) is 11.3. The first-order chi connectivity index (χ1) is 13.3. The van der Waals surface area contributed by atoms with E-state index < -0.39 is 0 Å². The quantitative estimate of drug-likeness (QED) is 0.383. The molecule has 0 amide bonds. The average Bonchev–Trinajstić information content (AvgIpc) is 3.39. The van der Waals surface area contributed by atoms with Gasteiger partial charge in [-0.2, -0.15) is 0 Å². The van der Waals surface area contributed by atoms with Gasteiger partial charge in [0.2, 0.25) is 0 Å². The molecule has 1 aromatic heterocycles. The molecule has 0 bridgehead atoms. The Labute approximate surface area is 167 Å². The zero-order valence-electron chi connectivity index (χ0n) is 16.5. The number of aliphatic imine (C=N–C) groups is 1. The highest BCUT2D eigenvalue weighted by molar-refractivity contribution is 7.14. The van der Waals surface area contributed by atoms with Crippen LogP contribution in [0.4, 0.5) is 5.00 Å². The molecule has 1 unspecified atom stereocenters. The summed E-state index contributed by atoms with van der Waals surface area (Å²) in [5, 5.41) is 10.5. The van der Waals surface area contributed by atoms with E-state index in [1.807, 2.05) is 11.3 Å². The minimum atomic E-state index is 0.313. The minimum absolute atomic E-state index is 0.313. The number of rotatable bonds is 9. The number of piperidine rings is 1. The van der Waals surface area contributed by atoms with Crippen LogP contribution in [-0.4, -0.2) is 64.1 Å². The Hall–Kier alpha value is -1.31. The summed E-state index contributed by atoms with van der Waals surface area (Å²) >= 11 is 1.83. The van der Waals surface area contributed by atoms with Gasteiger partial charge in [-0.15, -0.1) is 11.3 Å². The standard InChI is InChI=1S/C20H34N4O2S/c1-2-21-20(22-10-5-13-25-16-18-6-3-14-26-18)23-17-8-11-24(12-9-17)19-7-4-15-27-19/h4,7,15,17-18H,2-3,5-6,8-14,16H2,1H3,(H2,21,22,23). The van der Waals surface area contributed by atoms with Crippen LogP contribution in [0.25, 0.3) is 0 Å². The number of thiophene rings is 1. The van der Waals surface area contributed by atoms with E-state index in [-0.39, 0.29) is 0 Å². The fourth-order valence-electron chi connectivity index (χ4n) is 3.56. The van der Waals surface area contributed by atoms with Crippen molar-refractivity contribution in [3.63, 3.8) is 0 Å². The van der Waals surface area contributed by atoms with Gasteiger partial charge in [0, 0.05) is 45.4 Å². The van der Waals surface area contributed by atoms with E-state index in [1.54, 1.807) is 0 Å². The van der Waals surface area contributed by atoms with Crippen LogP contribution in [0.5, 0.6) is 0 Å². The third-order valence-corrected chi connectivity index (χ3v) is 5.97. The fraction of sp³-hybridized carbons (Fsp3) is 0.750. The van der Waals surface area contributed by atoms with Crippen molar-refractivity contribution in [2.24, 2.45) is 4.99 Å². The maximum absolute atomic E-state index is 5.72. The Morgan fingerprint density at radius 2 is 2.26 bits per heavy atom. The van der Waals surface area contributed by atoms with E-state index in [1.165, 1.54) is 11.4 Å². The zero-order valence-corrected chi connectivity index (χ0v) is 17.3. The van der Waals surface area contributed by atoms with Crippen molar-refractivity contribution in [1.82, 2.24) is 10.6 Å². The summed E-state index contributed by atoms with van der Waals surface area (Å²) in [5.41, 5.74) is 0. The lowest BCUT2D eigenvalue weighted by Gasteiger charge is -2.33. The molecule has 2 aliphatic heterocycles. The third kappa shape index (κ3) is 6.97. The van der Waals surface area contributed by atoms with Crippen molar-refractivity contribution in [2.45, 2.75) is 51.2 Å². The van der Waals surface area contributed by atoms with Crippen LogP contribution < -0.4 is 15.5 Å². The number of guanidine groups is 1. The molecule has 3 heterocycles. The van der Waals surface area contributed by atoms with Gasteiger partial charge >= 0.3 is 0 Å². The van der Waals surface area contributed by atoms with E-state index in [9.17, 15) is 0 Å². The number of hydrogen-bond acceptors (Lipinski definition) is 5. The summed E-state index contributed by atoms with van der Waals surface area (Å²) < 4.78 is 11.3. The summed E-state index contributed by atoms with van der Waals surface area (Å²) in [6.45, 7) is 8.37. The first kappa shape index (κ1) is 20.4. The number of anilines is 1. The molecule has 6 nitrogen and oxygen atoms in total. The molecule has 0 aromatic carbocycles. The molecule has 2 aliphatic rings.